The molecule has 4 nitrogen and oxygen atoms in total. The van der Waals surface area contributed by atoms with E-state index in [9.17, 15) is 9.59 Å². The van der Waals surface area contributed by atoms with E-state index in [1.165, 1.54) is 0 Å². The predicted octanol–water partition coefficient (Wildman–Crippen LogP) is 4.74. The molecule has 1 aliphatic rings. The fraction of sp³-hybridized carbons (Fsp3) is 0.304. The van der Waals surface area contributed by atoms with E-state index in [-0.39, 0.29) is 18.3 Å². The summed E-state index contributed by atoms with van der Waals surface area (Å²) in [5.74, 6) is -0.0265. The molecule has 1 aliphatic heterocycles. The zero-order valence-electron chi connectivity index (χ0n) is 15.4. The fourth-order valence-corrected chi connectivity index (χ4v) is 3.39. The summed E-state index contributed by atoms with van der Waals surface area (Å²) in [5.41, 5.74) is 3.89. The van der Waals surface area contributed by atoms with Gasteiger partial charge in [0.2, 0.25) is 5.91 Å². The molecule has 1 amide bonds. The van der Waals surface area contributed by atoms with Crippen LogP contribution in [-0.4, -0.2) is 23.4 Å². The predicted molar refractivity (Wildman–Crippen MR) is 109 cm³/mol. The molecular formula is C23H25NO3. The minimum atomic E-state index is -0.375. The van der Waals surface area contributed by atoms with Crippen LogP contribution in [0.4, 0.5) is 11.4 Å². The Morgan fingerprint density at radius 1 is 0.741 bits per heavy atom. The van der Waals surface area contributed by atoms with Gasteiger partial charge in [0.05, 0.1) is 11.4 Å². The summed E-state index contributed by atoms with van der Waals surface area (Å²) in [7, 11) is 0. The number of aliphatic hydroxyl groups excluding tert-OH is 1. The minimum Gasteiger partial charge on any atom is -0.389 e. The van der Waals surface area contributed by atoms with Crippen molar-refractivity contribution in [2.45, 2.75) is 38.5 Å². The van der Waals surface area contributed by atoms with Crippen LogP contribution in [0.5, 0.6) is 0 Å². The number of amides is 1. The topological polar surface area (TPSA) is 57.6 Å². The molecule has 2 aromatic rings. The van der Waals surface area contributed by atoms with Crippen LogP contribution in [0.2, 0.25) is 0 Å². The number of para-hydroxylation sites is 2. The van der Waals surface area contributed by atoms with E-state index >= 15 is 0 Å². The number of carbonyl (C=O) groups excluding carboxylic acids is 2. The third kappa shape index (κ3) is 4.72. The van der Waals surface area contributed by atoms with E-state index in [0.29, 0.717) is 12.8 Å². The smallest absolute Gasteiger partial charge is 0.231 e. The van der Waals surface area contributed by atoms with Crippen molar-refractivity contribution in [2.75, 3.05) is 11.5 Å². The second-order valence-corrected chi connectivity index (χ2v) is 6.79. The molecular weight excluding hydrogens is 338 g/mol. The Kier molecular flexibility index (Phi) is 6.55. The Labute approximate surface area is 160 Å². The summed E-state index contributed by atoms with van der Waals surface area (Å²) in [6, 6.07) is 15.9. The molecule has 1 heterocycles. The van der Waals surface area contributed by atoms with E-state index < -0.39 is 0 Å². The van der Waals surface area contributed by atoms with E-state index in [2.05, 4.69) is 12.2 Å². The van der Waals surface area contributed by atoms with Gasteiger partial charge in [-0.05, 0) is 36.1 Å². The highest BCUT2D eigenvalue weighted by Gasteiger charge is 2.23. The summed E-state index contributed by atoms with van der Waals surface area (Å²) in [4.78, 5) is 26.0. The molecule has 0 radical (unpaired) electrons. The molecule has 0 saturated carbocycles. The van der Waals surface area contributed by atoms with Gasteiger partial charge in [0, 0.05) is 12.8 Å². The number of Topliss-reactive ketones (excluding diaryl/α,β-unsaturated/α-hetero) is 1. The van der Waals surface area contributed by atoms with Gasteiger partial charge in [-0.1, -0.05) is 61.4 Å². The van der Waals surface area contributed by atoms with Crippen molar-refractivity contribution >= 4 is 35.2 Å². The van der Waals surface area contributed by atoms with Crippen molar-refractivity contribution in [3.05, 3.63) is 59.7 Å². The number of carbonyl (C=O) groups is 2. The van der Waals surface area contributed by atoms with E-state index in [0.717, 1.165) is 48.2 Å². The number of anilines is 2. The van der Waals surface area contributed by atoms with Crippen LogP contribution in [0.3, 0.4) is 0 Å². The molecule has 3 rings (SSSR count). The van der Waals surface area contributed by atoms with E-state index in [4.69, 9.17) is 5.11 Å². The summed E-state index contributed by atoms with van der Waals surface area (Å²) < 4.78 is 0. The number of unbranched alkanes of at least 4 members (excludes halogenated alkanes) is 3. The van der Waals surface area contributed by atoms with E-state index in [1.54, 1.807) is 0 Å². The van der Waals surface area contributed by atoms with Gasteiger partial charge in [-0.15, -0.1) is 0 Å². The molecule has 1 N–H and O–H groups in total. The first kappa shape index (κ1) is 19.1. The first-order valence-electron chi connectivity index (χ1n) is 9.52. The van der Waals surface area contributed by atoms with Crippen molar-refractivity contribution in [1.29, 1.82) is 0 Å². The lowest BCUT2D eigenvalue weighted by Crippen LogP contribution is -2.26. The fourth-order valence-electron chi connectivity index (χ4n) is 3.39. The third-order valence-corrected chi connectivity index (χ3v) is 4.82. The Balaban J connectivity index is 1.67. The molecule has 0 bridgehead atoms. The monoisotopic (exact) mass is 363 g/mol. The normalized spacial score (nSPS) is 12.3. The quantitative estimate of drug-likeness (QED) is 0.689. The molecule has 140 valence electrons. The number of aliphatic hydroxyl groups is 1. The summed E-state index contributed by atoms with van der Waals surface area (Å²) in [6.07, 6.45) is 8.36. The van der Waals surface area contributed by atoms with Gasteiger partial charge in [0.25, 0.3) is 0 Å². The Morgan fingerprint density at radius 3 is 1.81 bits per heavy atom. The number of hydrogen-bond acceptors (Lipinski definition) is 3. The maximum absolute atomic E-state index is 13.1. The van der Waals surface area contributed by atoms with Gasteiger partial charge in [0.1, 0.15) is 6.61 Å². The number of ketones is 1. The summed E-state index contributed by atoms with van der Waals surface area (Å²) in [5, 5.41) is 8.73. The highest BCUT2D eigenvalue weighted by Crippen LogP contribution is 2.36. The van der Waals surface area contributed by atoms with E-state index in [1.807, 2.05) is 53.4 Å². The van der Waals surface area contributed by atoms with Gasteiger partial charge < -0.3 is 5.11 Å². The Hall–Kier alpha value is -2.72. The van der Waals surface area contributed by atoms with Crippen molar-refractivity contribution in [3.8, 4) is 0 Å². The first-order valence-corrected chi connectivity index (χ1v) is 9.52. The van der Waals surface area contributed by atoms with Crippen LogP contribution in [0.1, 0.15) is 49.7 Å². The minimum absolute atomic E-state index is 0.0880. The summed E-state index contributed by atoms with van der Waals surface area (Å²) in [6.45, 7) is -0.375. The van der Waals surface area contributed by atoms with Crippen LogP contribution in [-0.2, 0) is 9.59 Å². The molecule has 0 fully saturated rings. The SMILES string of the molecule is O=C(CO)CCCCCCC(=O)N1c2ccccc2C=Cc2ccccc21. The number of rotatable bonds is 8. The number of hydrogen-bond donors (Lipinski definition) is 1. The Morgan fingerprint density at radius 2 is 1.26 bits per heavy atom. The molecule has 4 heteroatoms. The first-order chi connectivity index (χ1) is 13.2. The number of benzene rings is 2. The van der Waals surface area contributed by atoms with Crippen LogP contribution in [0.25, 0.3) is 12.2 Å². The second kappa shape index (κ2) is 9.28. The molecule has 0 spiro atoms. The zero-order chi connectivity index (χ0) is 19.1. The average molecular weight is 363 g/mol. The highest BCUT2D eigenvalue weighted by atomic mass is 16.3. The van der Waals surface area contributed by atoms with Crippen LogP contribution in [0, 0.1) is 0 Å². The van der Waals surface area contributed by atoms with Gasteiger partial charge in [-0.25, -0.2) is 0 Å². The van der Waals surface area contributed by atoms with Crippen molar-refractivity contribution in [1.82, 2.24) is 0 Å². The molecule has 2 aromatic carbocycles. The zero-order valence-corrected chi connectivity index (χ0v) is 15.4. The standard InChI is InChI=1S/C23H25NO3/c25-17-20(26)11-3-1-2-4-14-23(27)24-21-12-7-5-9-18(21)15-16-19-10-6-8-13-22(19)24/h5-10,12-13,15-16,25H,1-4,11,14,17H2. The molecule has 0 atom stereocenters. The molecule has 27 heavy (non-hydrogen) atoms. The van der Waals surface area contributed by atoms with Crippen molar-refractivity contribution < 1.29 is 14.7 Å². The molecule has 0 unspecified atom stereocenters. The largest absolute Gasteiger partial charge is 0.389 e. The van der Waals surface area contributed by atoms with Gasteiger partial charge in [-0.3, -0.25) is 14.5 Å². The number of nitrogens with zero attached hydrogens (tertiary/aromatic N) is 1. The molecule has 0 saturated heterocycles. The lowest BCUT2D eigenvalue weighted by Gasteiger charge is -2.25. The third-order valence-electron chi connectivity index (χ3n) is 4.82. The van der Waals surface area contributed by atoms with Gasteiger partial charge >= 0.3 is 0 Å². The van der Waals surface area contributed by atoms with Crippen LogP contribution < -0.4 is 4.90 Å². The van der Waals surface area contributed by atoms with Crippen LogP contribution in [0.15, 0.2) is 48.5 Å². The van der Waals surface area contributed by atoms with Crippen molar-refractivity contribution in [2.24, 2.45) is 0 Å². The highest BCUT2D eigenvalue weighted by molar-refractivity contribution is 6.06. The average Bonchev–Trinajstić information content (AvgIpc) is 2.87. The van der Waals surface area contributed by atoms with Gasteiger partial charge in [-0.2, -0.15) is 0 Å². The lowest BCUT2D eigenvalue weighted by molar-refractivity contribution is -0.122. The molecule has 0 aliphatic carbocycles. The second-order valence-electron chi connectivity index (χ2n) is 6.79. The Bertz CT molecular complexity index is 792. The summed E-state index contributed by atoms with van der Waals surface area (Å²) >= 11 is 0. The lowest BCUT2D eigenvalue weighted by atomic mass is 10.1. The van der Waals surface area contributed by atoms with Gasteiger partial charge in [0.15, 0.2) is 5.78 Å². The number of fused-ring (bicyclic) bond motifs is 2. The van der Waals surface area contributed by atoms with Crippen molar-refractivity contribution in [3.63, 3.8) is 0 Å². The maximum atomic E-state index is 13.1. The maximum Gasteiger partial charge on any atom is 0.231 e. The molecule has 0 aromatic heterocycles. The van der Waals surface area contributed by atoms with Crippen LogP contribution >= 0.6 is 0 Å².